The maximum atomic E-state index is 2.54. The Morgan fingerprint density at radius 1 is 0.523 bits per heavy atom. The zero-order valence-electron chi connectivity index (χ0n) is 26.4. The van der Waals surface area contributed by atoms with Crippen LogP contribution >= 0.6 is 0 Å². The third-order valence-corrected chi connectivity index (χ3v) is 9.64. The van der Waals surface area contributed by atoms with Crippen LogP contribution in [0.15, 0.2) is 109 Å². The minimum absolute atomic E-state index is 0.370. The molecular weight excluding hydrogens is 532 g/mol. The Morgan fingerprint density at radius 3 is 1.89 bits per heavy atom. The summed E-state index contributed by atoms with van der Waals surface area (Å²) in [6.45, 7) is 13.7. The molecule has 0 unspecified atom stereocenters. The van der Waals surface area contributed by atoms with Crippen LogP contribution in [0.25, 0.3) is 71.2 Å². The fourth-order valence-corrected chi connectivity index (χ4v) is 7.73. The van der Waals surface area contributed by atoms with Crippen molar-refractivity contribution >= 4 is 54.4 Å². The number of rotatable bonds is 4. The molecule has 0 saturated heterocycles. The topological polar surface area (TPSA) is 9.86 Å². The predicted octanol–water partition coefficient (Wildman–Crippen LogP) is 12.0. The van der Waals surface area contributed by atoms with Gasteiger partial charge in [0.2, 0.25) is 0 Å². The van der Waals surface area contributed by atoms with Crippen LogP contribution in [0.4, 0.5) is 0 Å². The van der Waals surface area contributed by atoms with Crippen molar-refractivity contribution in [2.75, 3.05) is 0 Å². The summed E-state index contributed by atoms with van der Waals surface area (Å²) in [7, 11) is 0. The van der Waals surface area contributed by atoms with Gasteiger partial charge in [-0.1, -0.05) is 86.6 Å². The van der Waals surface area contributed by atoms with Gasteiger partial charge in [-0.05, 0) is 103 Å². The molecule has 2 aromatic heterocycles. The first-order valence-electron chi connectivity index (χ1n) is 15.9. The maximum absolute atomic E-state index is 2.54. The first-order valence-corrected chi connectivity index (χ1v) is 15.9. The fraction of sp³-hybridized carbons (Fsp3) is 0.190. The predicted molar refractivity (Wildman–Crippen MR) is 191 cm³/mol. The SMILES string of the molecule is Cc1cc(-n2c3ccccc3c3cc4ccccc4c(-c4ccc5c(c4)c4ccccc4n5C(C)C)c32)c(C)cc1C(C)C. The Kier molecular flexibility index (Phi) is 6.00. The van der Waals surface area contributed by atoms with Crippen LogP contribution in [-0.2, 0) is 0 Å². The summed E-state index contributed by atoms with van der Waals surface area (Å²) in [5.74, 6) is 0.486. The third-order valence-electron chi connectivity index (χ3n) is 9.64. The molecule has 2 heterocycles. The van der Waals surface area contributed by atoms with E-state index in [4.69, 9.17) is 0 Å². The van der Waals surface area contributed by atoms with Crippen LogP contribution in [0.3, 0.4) is 0 Å². The molecular formula is C42H38N2. The quantitative estimate of drug-likeness (QED) is 0.199. The largest absolute Gasteiger partial charge is 0.338 e. The van der Waals surface area contributed by atoms with Crippen LogP contribution in [0.5, 0.6) is 0 Å². The van der Waals surface area contributed by atoms with E-state index in [0.717, 1.165) is 0 Å². The molecule has 8 aromatic rings. The van der Waals surface area contributed by atoms with Gasteiger partial charge in [0.25, 0.3) is 0 Å². The van der Waals surface area contributed by atoms with E-state index in [-0.39, 0.29) is 0 Å². The van der Waals surface area contributed by atoms with Crippen LogP contribution in [0.2, 0.25) is 0 Å². The summed E-state index contributed by atoms with van der Waals surface area (Å²) in [6, 6.07) is 41.4. The van der Waals surface area contributed by atoms with Gasteiger partial charge >= 0.3 is 0 Å². The smallest absolute Gasteiger partial charge is 0.0626 e. The molecule has 2 heteroatoms. The molecule has 0 aliphatic carbocycles. The second-order valence-electron chi connectivity index (χ2n) is 13.1. The summed E-state index contributed by atoms with van der Waals surface area (Å²) < 4.78 is 5.02. The Labute approximate surface area is 259 Å². The zero-order valence-corrected chi connectivity index (χ0v) is 26.4. The van der Waals surface area contributed by atoms with E-state index in [0.29, 0.717) is 12.0 Å². The standard InChI is InChI=1S/C42H38N2/c1-25(2)34-21-28(6)40(22-27(34)5)44-38-18-12-10-16-33(38)36-23-29-13-7-8-14-31(29)41(42(36)44)30-19-20-39-35(24-30)32-15-9-11-17-37(32)43(39)26(3)4/h7-26H,1-6H3. The molecule has 0 bridgehead atoms. The van der Waals surface area contributed by atoms with Gasteiger partial charge in [0.15, 0.2) is 0 Å². The van der Waals surface area contributed by atoms with E-state index in [1.165, 1.54) is 87.9 Å². The average molecular weight is 571 g/mol. The van der Waals surface area contributed by atoms with E-state index < -0.39 is 0 Å². The van der Waals surface area contributed by atoms with Crippen LogP contribution in [0.1, 0.15) is 56.3 Å². The molecule has 0 aliphatic heterocycles. The number of benzene rings is 6. The first kappa shape index (κ1) is 26.8. The van der Waals surface area contributed by atoms with Crippen molar-refractivity contribution < 1.29 is 0 Å². The molecule has 0 aliphatic rings. The van der Waals surface area contributed by atoms with E-state index >= 15 is 0 Å². The van der Waals surface area contributed by atoms with Crippen LogP contribution in [-0.4, -0.2) is 9.13 Å². The highest BCUT2D eigenvalue weighted by Gasteiger charge is 2.22. The Bertz CT molecular complexity index is 2410. The Balaban J connectivity index is 1.56. The van der Waals surface area contributed by atoms with Crippen molar-refractivity contribution in [1.82, 2.24) is 9.13 Å². The molecule has 0 saturated carbocycles. The minimum Gasteiger partial charge on any atom is -0.338 e. The number of hydrogen-bond acceptors (Lipinski definition) is 0. The van der Waals surface area contributed by atoms with Crippen molar-refractivity contribution in [2.24, 2.45) is 0 Å². The molecule has 216 valence electrons. The van der Waals surface area contributed by atoms with Gasteiger partial charge in [0.1, 0.15) is 0 Å². The minimum atomic E-state index is 0.370. The van der Waals surface area contributed by atoms with Crippen molar-refractivity contribution in [3.63, 3.8) is 0 Å². The average Bonchev–Trinajstić information content (AvgIpc) is 3.53. The molecule has 0 atom stereocenters. The second kappa shape index (κ2) is 9.86. The fourth-order valence-electron chi connectivity index (χ4n) is 7.73. The molecule has 0 fully saturated rings. The zero-order chi connectivity index (χ0) is 30.3. The lowest BCUT2D eigenvalue weighted by Crippen LogP contribution is -2.02. The van der Waals surface area contributed by atoms with Gasteiger partial charge in [-0.3, -0.25) is 0 Å². The van der Waals surface area contributed by atoms with Crippen molar-refractivity contribution in [3.05, 3.63) is 126 Å². The van der Waals surface area contributed by atoms with Gasteiger partial charge in [0.05, 0.1) is 11.0 Å². The molecule has 0 N–H and O–H groups in total. The highest BCUT2D eigenvalue weighted by molar-refractivity contribution is 6.22. The molecule has 0 amide bonds. The lowest BCUT2D eigenvalue weighted by Gasteiger charge is -2.19. The van der Waals surface area contributed by atoms with Crippen molar-refractivity contribution in [2.45, 2.75) is 53.5 Å². The second-order valence-corrected chi connectivity index (χ2v) is 13.1. The maximum Gasteiger partial charge on any atom is 0.0626 e. The molecule has 44 heavy (non-hydrogen) atoms. The van der Waals surface area contributed by atoms with E-state index in [2.05, 4.69) is 160 Å². The van der Waals surface area contributed by atoms with Gasteiger partial charge in [-0.15, -0.1) is 0 Å². The molecule has 0 radical (unpaired) electrons. The van der Waals surface area contributed by atoms with Crippen LogP contribution < -0.4 is 0 Å². The summed E-state index contributed by atoms with van der Waals surface area (Å²) in [4.78, 5) is 0. The Morgan fingerprint density at radius 2 is 1.16 bits per heavy atom. The van der Waals surface area contributed by atoms with Crippen molar-refractivity contribution in [1.29, 1.82) is 0 Å². The van der Waals surface area contributed by atoms with E-state index in [1.54, 1.807) is 0 Å². The van der Waals surface area contributed by atoms with Crippen LogP contribution in [0, 0.1) is 13.8 Å². The number of aromatic nitrogens is 2. The first-order chi connectivity index (χ1) is 21.3. The highest BCUT2D eigenvalue weighted by Crippen LogP contribution is 2.45. The third kappa shape index (κ3) is 3.80. The molecule has 0 spiro atoms. The van der Waals surface area contributed by atoms with Crippen molar-refractivity contribution in [3.8, 4) is 16.8 Å². The number of para-hydroxylation sites is 2. The monoisotopic (exact) mass is 570 g/mol. The Hall–Kier alpha value is -4.82. The number of nitrogens with zero attached hydrogens (tertiary/aromatic N) is 2. The summed E-state index contributed by atoms with van der Waals surface area (Å²) in [5.41, 5.74) is 13.0. The highest BCUT2D eigenvalue weighted by atomic mass is 15.0. The van der Waals surface area contributed by atoms with E-state index in [1.807, 2.05) is 0 Å². The normalized spacial score (nSPS) is 12.3. The lowest BCUT2D eigenvalue weighted by atomic mass is 9.93. The summed E-state index contributed by atoms with van der Waals surface area (Å²) in [6.07, 6.45) is 0. The van der Waals surface area contributed by atoms with Gasteiger partial charge in [-0.2, -0.15) is 0 Å². The lowest BCUT2D eigenvalue weighted by molar-refractivity contribution is 0.642. The number of aryl methyl sites for hydroxylation is 2. The van der Waals surface area contributed by atoms with Gasteiger partial charge in [-0.25, -0.2) is 0 Å². The van der Waals surface area contributed by atoms with E-state index in [9.17, 15) is 0 Å². The number of hydrogen-bond donors (Lipinski definition) is 0. The number of fused-ring (bicyclic) bond motifs is 7. The summed E-state index contributed by atoms with van der Waals surface area (Å²) >= 11 is 0. The summed E-state index contributed by atoms with van der Waals surface area (Å²) in [5, 5.41) is 7.76. The van der Waals surface area contributed by atoms with Gasteiger partial charge in [0, 0.05) is 49.9 Å². The molecule has 2 nitrogen and oxygen atoms in total. The molecule has 6 aromatic carbocycles. The molecule has 8 rings (SSSR count). The van der Waals surface area contributed by atoms with Gasteiger partial charge < -0.3 is 9.13 Å².